The van der Waals surface area contributed by atoms with Crippen molar-refractivity contribution in [1.82, 2.24) is 4.90 Å². The number of nitrogens with zero attached hydrogens (tertiary/aromatic N) is 1. The average Bonchev–Trinajstić information content (AvgIpc) is 2.35. The van der Waals surface area contributed by atoms with Gasteiger partial charge in [0, 0.05) is 13.1 Å². The second-order valence-corrected chi connectivity index (χ2v) is 8.58. The lowest BCUT2D eigenvalue weighted by Gasteiger charge is -2.33. The quantitative estimate of drug-likeness (QED) is 0.551. The van der Waals surface area contributed by atoms with Crippen LogP contribution < -0.4 is 0 Å². The summed E-state index contributed by atoms with van der Waals surface area (Å²) in [6.45, 7) is 7.34. The molecular formula is C15H29NO5S. The minimum Gasteiger partial charge on any atom is -0.444 e. The molecular weight excluding hydrogens is 306 g/mol. The second kappa shape index (κ2) is 8.15. The van der Waals surface area contributed by atoms with Gasteiger partial charge in [-0.25, -0.2) is 4.79 Å². The van der Waals surface area contributed by atoms with Crippen LogP contribution in [0, 0.1) is 5.92 Å². The van der Waals surface area contributed by atoms with Gasteiger partial charge in [0.15, 0.2) is 0 Å². The lowest BCUT2D eigenvalue weighted by atomic mass is 9.92. The molecule has 0 bridgehead atoms. The van der Waals surface area contributed by atoms with Crippen molar-refractivity contribution < 1.29 is 22.1 Å². The molecule has 22 heavy (non-hydrogen) atoms. The van der Waals surface area contributed by atoms with E-state index in [2.05, 4.69) is 0 Å². The second-order valence-electron chi connectivity index (χ2n) is 6.93. The van der Waals surface area contributed by atoms with Gasteiger partial charge < -0.3 is 9.64 Å². The lowest BCUT2D eigenvalue weighted by Crippen LogP contribution is -2.41. The molecule has 0 aromatic carbocycles. The molecule has 1 fully saturated rings. The van der Waals surface area contributed by atoms with E-state index in [1.807, 2.05) is 20.8 Å². The fourth-order valence-corrected chi connectivity index (χ4v) is 2.90. The molecule has 0 unspecified atom stereocenters. The average molecular weight is 335 g/mol. The van der Waals surface area contributed by atoms with Crippen LogP contribution in [-0.2, 0) is 19.0 Å². The highest BCUT2D eigenvalue weighted by Gasteiger charge is 2.26. The van der Waals surface area contributed by atoms with Gasteiger partial charge in [-0.1, -0.05) is 12.8 Å². The molecule has 0 spiro atoms. The summed E-state index contributed by atoms with van der Waals surface area (Å²) >= 11 is 0. The number of hydrogen-bond donors (Lipinski definition) is 0. The third-order valence-corrected chi connectivity index (χ3v) is 4.17. The zero-order valence-corrected chi connectivity index (χ0v) is 14.9. The maximum absolute atomic E-state index is 11.9. The number of amides is 1. The monoisotopic (exact) mass is 335 g/mol. The maximum atomic E-state index is 11.9. The third-order valence-electron chi connectivity index (χ3n) is 3.57. The standard InChI is InChI=1S/C15H29NO5S/c1-15(2,3)21-14(17)16-10-8-13(9-11-16)7-5-6-12-20-22(4,18)19/h13H,5-12H2,1-4H3. The molecule has 0 saturated carbocycles. The Morgan fingerprint density at radius 2 is 1.77 bits per heavy atom. The molecule has 1 rings (SSSR count). The number of unbranched alkanes of at least 4 members (excludes halogenated alkanes) is 1. The SMILES string of the molecule is CC(C)(C)OC(=O)N1CCC(CCCCOS(C)(=O)=O)CC1. The Morgan fingerprint density at radius 1 is 1.18 bits per heavy atom. The Hall–Kier alpha value is -0.820. The first-order valence-electron chi connectivity index (χ1n) is 7.89. The van der Waals surface area contributed by atoms with Gasteiger partial charge >= 0.3 is 6.09 Å². The van der Waals surface area contributed by atoms with Crippen LogP contribution in [0.5, 0.6) is 0 Å². The summed E-state index contributed by atoms with van der Waals surface area (Å²) in [5.74, 6) is 0.594. The van der Waals surface area contributed by atoms with E-state index in [4.69, 9.17) is 8.92 Å². The van der Waals surface area contributed by atoms with Crippen LogP contribution in [0.4, 0.5) is 4.79 Å². The zero-order valence-electron chi connectivity index (χ0n) is 14.1. The zero-order chi connectivity index (χ0) is 16.8. The van der Waals surface area contributed by atoms with E-state index in [0.29, 0.717) is 5.92 Å². The Morgan fingerprint density at radius 3 is 2.27 bits per heavy atom. The summed E-state index contributed by atoms with van der Waals surface area (Å²) in [4.78, 5) is 13.7. The Labute approximate surface area is 134 Å². The number of carbonyl (C=O) groups excluding carboxylic acids is 1. The highest BCUT2D eigenvalue weighted by atomic mass is 32.2. The first-order chi connectivity index (χ1) is 10.1. The summed E-state index contributed by atoms with van der Waals surface area (Å²) < 4.78 is 31.7. The molecule has 1 aliphatic rings. The van der Waals surface area contributed by atoms with Gasteiger partial charge in [-0.15, -0.1) is 0 Å². The van der Waals surface area contributed by atoms with Gasteiger partial charge in [0.1, 0.15) is 5.60 Å². The summed E-state index contributed by atoms with van der Waals surface area (Å²) in [6, 6.07) is 0. The molecule has 0 atom stereocenters. The van der Waals surface area contributed by atoms with Crippen molar-refractivity contribution in [3.63, 3.8) is 0 Å². The minimum atomic E-state index is -3.32. The molecule has 1 amide bonds. The summed E-state index contributed by atoms with van der Waals surface area (Å²) in [6.07, 6.45) is 5.55. The molecule has 1 saturated heterocycles. The number of rotatable bonds is 6. The van der Waals surface area contributed by atoms with Crippen LogP contribution in [0.2, 0.25) is 0 Å². The van der Waals surface area contributed by atoms with Gasteiger partial charge in [0.25, 0.3) is 10.1 Å². The Bertz CT molecular complexity index is 447. The molecule has 6 nitrogen and oxygen atoms in total. The van der Waals surface area contributed by atoms with E-state index in [1.54, 1.807) is 4.90 Å². The highest BCUT2D eigenvalue weighted by molar-refractivity contribution is 7.85. The minimum absolute atomic E-state index is 0.229. The van der Waals surface area contributed by atoms with Gasteiger partial charge in [-0.3, -0.25) is 4.18 Å². The maximum Gasteiger partial charge on any atom is 0.410 e. The van der Waals surface area contributed by atoms with Crippen molar-refractivity contribution in [1.29, 1.82) is 0 Å². The van der Waals surface area contributed by atoms with Crippen LogP contribution in [0.15, 0.2) is 0 Å². The van der Waals surface area contributed by atoms with E-state index in [-0.39, 0.29) is 12.7 Å². The van der Waals surface area contributed by atoms with Crippen molar-refractivity contribution in [3.05, 3.63) is 0 Å². The Kier molecular flexibility index (Phi) is 7.12. The molecule has 0 aromatic rings. The van der Waals surface area contributed by atoms with Gasteiger partial charge in [0.05, 0.1) is 12.9 Å². The Balaban J connectivity index is 2.16. The molecule has 1 aliphatic heterocycles. The van der Waals surface area contributed by atoms with Gasteiger partial charge in [-0.2, -0.15) is 8.42 Å². The lowest BCUT2D eigenvalue weighted by molar-refractivity contribution is 0.0180. The molecule has 7 heteroatoms. The molecule has 0 aromatic heterocycles. The molecule has 1 heterocycles. The van der Waals surface area contributed by atoms with Crippen molar-refractivity contribution in [2.24, 2.45) is 5.92 Å². The van der Waals surface area contributed by atoms with E-state index in [1.165, 1.54) is 0 Å². The van der Waals surface area contributed by atoms with Gasteiger partial charge in [-0.05, 0) is 46.0 Å². The summed E-state index contributed by atoms with van der Waals surface area (Å²) in [5, 5.41) is 0. The fourth-order valence-electron chi connectivity index (χ4n) is 2.48. The number of piperidine rings is 1. The van der Waals surface area contributed by atoms with E-state index < -0.39 is 15.7 Å². The number of ether oxygens (including phenoxy) is 1. The first-order valence-corrected chi connectivity index (χ1v) is 9.71. The predicted octanol–water partition coefficient (Wildman–Crippen LogP) is 2.78. The smallest absolute Gasteiger partial charge is 0.410 e. The van der Waals surface area contributed by atoms with Crippen molar-refractivity contribution in [2.75, 3.05) is 26.0 Å². The van der Waals surface area contributed by atoms with Crippen LogP contribution >= 0.6 is 0 Å². The summed E-state index contributed by atoms with van der Waals surface area (Å²) in [7, 11) is -3.32. The van der Waals surface area contributed by atoms with Crippen LogP contribution in [0.25, 0.3) is 0 Å². The van der Waals surface area contributed by atoms with Crippen molar-refractivity contribution in [3.8, 4) is 0 Å². The third kappa shape index (κ3) is 8.58. The predicted molar refractivity (Wildman–Crippen MR) is 85.2 cm³/mol. The highest BCUT2D eigenvalue weighted by Crippen LogP contribution is 2.23. The fraction of sp³-hybridized carbons (Fsp3) is 0.933. The number of likely N-dealkylation sites (tertiary alicyclic amines) is 1. The van der Waals surface area contributed by atoms with Crippen LogP contribution in [0.3, 0.4) is 0 Å². The van der Waals surface area contributed by atoms with E-state index >= 15 is 0 Å². The topological polar surface area (TPSA) is 72.9 Å². The summed E-state index contributed by atoms with van der Waals surface area (Å²) in [5.41, 5.74) is -0.451. The molecule has 0 N–H and O–H groups in total. The van der Waals surface area contributed by atoms with Crippen LogP contribution in [0.1, 0.15) is 52.9 Å². The van der Waals surface area contributed by atoms with E-state index in [0.717, 1.165) is 51.4 Å². The van der Waals surface area contributed by atoms with Crippen molar-refractivity contribution >= 4 is 16.2 Å². The number of carbonyl (C=O) groups is 1. The molecule has 0 radical (unpaired) electrons. The first kappa shape index (κ1) is 19.2. The largest absolute Gasteiger partial charge is 0.444 e. The van der Waals surface area contributed by atoms with E-state index in [9.17, 15) is 13.2 Å². The molecule has 130 valence electrons. The van der Waals surface area contributed by atoms with Crippen molar-refractivity contribution in [2.45, 2.75) is 58.5 Å². The van der Waals surface area contributed by atoms with Crippen LogP contribution in [-0.4, -0.2) is 51.0 Å². The number of hydrogen-bond acceptors (Lipinski definition) is 5. The van der Waals surface area contributed by atoms with Gasteiger partial charge in [0.2, 0.25) is 0 Å². The molecule has 0 aliphatic carbocycles. The normalized spacial score (nSPS) is 17.5.